The summed E-state index contributed by atoms with van der Waals surface area (Å²) in [7, 11) is 1.59. The molecule has 0 aliphatic heterocycles. The molecule has 2 heterocycles. The van der Waals surface area contributed by atoms with E-state index in [1.807, 2.05) is 30.3 Å². The molecule has 0 saturated heterocycles. The zero-order valence-corrected chi connectivity index (χ0v) is 17.4. The fraction of sp³-hybridized carbons (Fsp3) is 0.227. The number of fused-ring (bicyclic) bond motifs is 3. The lowest BCUT2D eigenvalue weighted by Crippen LogP contribution is -2.13. The molecule has 0 fully saturated rings. The van der Waals surface area contributed by atoms with Crippen LogP contribution in [0.1, 0.15) is 17.5 Å². The zero-order chi connectivity index (χ0) is 20.4. The molecule has 4 rings (SSSR count). The van der Waals surface area contributed by atoms with Crippen LogP contribution in [0.4, 0.5) is 5.69 Å². The summed E-state index contributed by atoms with van der Waals surface area (Å²) in [4.78, 5) is 12.4. The van der Waals surface area contributed by atoms with Crippen LogP contribution in [0.3, 0.4) is 0 Å². The number of hydrogen-bond donors (Lipinski definition) is 1. The predicted octanol–water partition coefficient (Wildman–Crippen LogP) is 4.63. The first-order chi connectivity index (χ1) is 14.1. The van der Waals surface area contributed by atoms with Crippen molar-refractivity contribution in [3.8, 4) is 5.75 Å². The zero-order valence-electron chi connectivity index (χ0n) is 16.6. The summed E-state index contributed by atoms with van der Waals surface area (Å²) >= 11 is 1.53. The van der Waals surface area contributed by atoms with Crippen molar-refractivity contribution in [3.63, 3.8) is 0 Å². The van der Waals surface area contributed by atoms with Gasteiger partial charge >= 0.3 is 0 Å². The molecule has 0 radical (unpaired) electrons. The van der Waals surface area contributed by atoms with Crippen LogP contribution < -0.4 is 10.1 Å². The van der Waals surface area contributed by atoms with Crippen molar-refractivity contribution in [1.29, 1.82) is 0 Å². The minimum atomic E-state index is -0.0623. The minimum absolute atomic E-state index is 0.0623. The second-order valence-electron chi connectivity index (χ2n) is 6.82. The Morgan fingerprint density at radius 3 is 2.76 bits per heavy atom. The molecule has 7 heteroatoms. The standard InChI is InChI=1S/C22H22N4O2S/c1-14-7-6-8-16-15(2)13-19-24-25-22(26(19)21(14)16)29-12-11-20(27)23-17-9-4-5-10-18(17)28-3/h4-10,13H,11-12H2,1-3H3,(H,23,27). The van der Waals surface area contributed by atoms with E-state index in [1.165, 1.54) is 28.3 Å². The number of rotatable bonds is 6. The Labute approximate surface area is 173 Å². The molecule has 2 aromatic heterocycles. The molecule has 1 N–H and O–H groups in total. The number of amides is 1. The molecule has 1 amide bonds. The predicted molar refractivity (Wildman–Crippen MR) is 117 cm³/mol. The number of ether oxygens (including phenoxy) is 1. The molecule has 29 heavy (non-hydrogen) atoms. The van der Waals surface area contributed by atoms with Gasteiger partial charge in [0.2, 0.25) is 5.91 Å². The van der Waals surface area contributed by atoms with Gasteiger partial charge < -0.3 is 10.1 Å². The fourth-order valence-corrected chi connectivity index (χ4v) is 4.30. The van der Waals surface area contributed by atoms with Crippen LogP contribution in [0.15, 0.2) is 53.7 Å². The monoisotopic (exact) mass is 406 g/mol. The third-order valence-corrected chi connectivity index (χ3v) is 5.76. The molecule has 0 aliphatic carbocycles. The first-order valence-corrected chi connectivity index (χ1v) is 10.4. The molecule has 0 saturated carbocycles. The van der Waals surface area contributed by atoms with E-state index < -0.39 is 0 Å². The van der Waals surface area contributed by atoms with E-state index in [2.05, 4.69) is 52.0 Å². The number of anilines is 1. The van der Waals surface area contributed by atoms with Crippen LogP contribution in [0, 0.1) is 13.8 Å². The summed E-state index contributed by atoms with van der Waals surface area (Å²) in [5.41, 5.74) is 4.97. The maximum atomic E-state index is 12.4. The number of para-hydroxylation sites is 3. The number of benzene rings is 2. The number of hydrogen-bond acceptors (Lipinski definition) is 5. The summed E-state index contributed by atoms with van der Waals surface area (Å²) in [6, 6.07) is 15.7. The third-order valence-electron chi connectivity index (χ3n) is 4.83. The number of pyridine rings is 1. The van der Waals surface area contributed by atoms with Gasteiger partial charge in [-0.25, -0.2) is 0 Å². The van der Waals surface area contributed by atoms with Gasteiger partial charge in [-0.05, 0) is 43.2 Å². The summed E-state index contributed by atoms with van der Waals surface area (Å²) in [6.45, 7) is 4.18. The van der Waals surface area contributed by atoms with Crippen LogP contribution >= 0.6 is 11.8 Å². The largest absolute Gasteiger partial charge is 0.495 e. The van der Waals surface area contributed by atoms with Crippen molar-refractivity contribution < 1.29 is 9.53 Å². The second-order valence-corrected chi connectivity index (χ2v) is 7.88. The van der Waals surface area contributed by atoms with Gasteiger partial charge in [-0.2, -0.15) is 0 Å². The van der Waals surface area contributed by atoms with E-state index in [4.69, 9.17) is 4.74 Å². The molecule has 0 spiro atoms. The van der Waals surface area contributed by atoms with Crippen LogP contribution in [0.25, 0.3) is 16.6 Å². The number of nitrogens with zero attached hydrogens (tertiary/aromatic N) is 3. The van der Waals surface area contributed by atoms with Crippen LogP contribution in [-0.4, -0.2) is 33.4 Å². The Kier molecular flexibility index (Phi) is 5.40. The van der Waals surface area contributed by atoms with Crippen LogP contribution in [0.2, 0.25) is 0 Å². The molecule has 6 nitrogen and oxygen atoms in total. The quantitative estimate of drug-likeness (QED) is 0.473. The Morgan fingerprint density at radius 2 is 1.93 bits per heavy atom. The lowest BCUT2D eigenvalue weighted by molar-refractivity contribution is -0.115. The maximum absolute atomic E-state index is 12.4. The molecule has 2 aromatic carbocycles. The molecule has 0 unspecified atom stereocenters. The van der Waals surface area contributed by atoms with E-state index in [0.29, 0.717) is 23.6 Å². The number of methoxy groups -OCH3 is 1. The molecule has 148 valence electrons. The third kappa shape index (κ3) is 3.78. The topological polar surface area (TPSA) is 68.5 Å². The Hall–Kier alpha value is -3.06. The maximum Gasteiger partial charge on any atom is 0.225 e. The van der Waals surface area contributed by atoms with Gasteiger partial charge in [0.15, 0.2) is 10.8 Å². The van der Waals surface area contributed by atoms with Crippen molar-refractivity contribution in [1.82, 2.24) is 14.6 Å². The molecule has 0 bridgehead atoms. The van der Waals surface area contributed by atoms with Gasteiger partial charge in [0, 0.05) is 17.6 Å². The highest BCUT2D eigenvalue weighted by Gasteiger charge is 2.14. The highest BCUT2D eigenvalue weighted by Crippen LogP contribution is 2.28. The number of carbonyl (C=O) groups is 1. The van der Waals surface area contributed by atoms with E-state index in [1.54, 1.807) is 7.11 Å². The van der Waals surface area contributed by atoms with Crippen molar-refractivity contribution in [2.75, 3.05) is 18.2 Å². The van der Waals surface area contributed by atoms with Crippen molar-refractivity contribution >= 4 is 39.9 Å². The summed E-state index contributed by atoms with van der Waals surface area (Å²) < 4.78 is 7.36. The molecular weight excluding hydrogens is 384 g/mol. The van der Waals surface area contributed by atoms with E-state index in [-0.39, 0.29) is 5.91 Å². The normalized spacial score (nSPS) is 11.1. The van der Waals surface area contributed by atoms with Gasteiger partial charge in [0.25, 0.3) is 0 Å². The summed E-state index contributed by atoms with van der Waals surface area (Å²) in [5, 5.41) is 13.6. The Bertz CT molecular complexity index is 1200. The lowest BCUT2D eigenvalue weighted by atomic mass is 10.1. The number of carbonyl (C=O) groups excluding carboxylic acids is 1. The van der Waals surface area contributed by atoms with Crippen molar-refractivity contribution in [2.45, 2.75) is 25.4 Å². The van der Waals surface area contributed by atoms with Gasteiger partial charge in [-0.1, -0.05) is 42.1 Å². The summed E-state index contributed by atoms with van der Waals surface area (Å²) in [5.74, 6) is 1.19. The van der Waals surface area contributed by atoms with E-state index in [9.17, 15) is 4.79 Å². The number of thioether (sulfide) groups is 1. The molecule has 4 aromatic rings. The van der Waals surface area contributed by atoms with Gasteiger partial charge in [0.05, 0.1) is 18.3 Å². The summed E-state index contributed by atoms with van der Waals surface area (Å²) in [6.07, 6.45) is 0.362. The molecule has 0 atom stereocenters. The number of aryl methyl sites for hydroxylation is 2. The van der Waals surface area contributed by atoms with Crippen molar-refractivity contribution in [3.05, 3.63) is 59.7 Å². The van der Waals surface area contributed by atoms with Crippen LogP contribution in [-0.2, 0) is 4.79 Å². The van der Waals surface area contributed by atoms with E-state index in [0.717, 1.165) is 16.3 Å². The number of nitrogens with one attached hydrogen (secondary N) is 1. The van der Waals surface area contributed by atoms with Crippen molar-refractivity contribution in [2.24, 2.45) is 0 Å². The smallest absolute Gasteiger partial charge is 0.225 e. The average molecular weight is 407 g/mol. The van der Waals surface area contributed by atoms with Gasteiger partial charge in [-0.3, -0.25) is 9.20 Å². The first kappa shape index (κ1) is 19.3. The first-order valence-electron chi connectivity index (χ1n) is 9.38. The highest BCUT2D eigenvalue weighted by atomic mass is 32.2. The Balaban J connectivity index is 1.51. The second kappa shape index (κ2) is 8.13. The van der Waals surface area contributed by atoms with Gasteiger partial charge in [0.1, 0.15) is 5.75 Å². The average Bonchev–Trinajstić information content (AvgIpc) is 3.11. The fourth-order valence-electron chi connectivity index (χ4n) is 3.42. The minimum Gasteiger partial charge on any atom is -0.495 e. The highest BCUT2D eigenvalue weighted by molar-refractivity contribution is 7.99. The SMILES string of the molecule is COc1ccccc1NC(=O)CCSc1nnc2cc(C)c3cccc(C)c3n12. The Morgan fingerprint density at radius 1 is 1.10 bits per heavy atom. The number of aromatic nitrogens is 3. The van der Waals surface area contributed by atoms with E-state index >= 15 is 0 Å². The molecule has 0 aliphatic rings. The van der Waals surface area contributed by atoms with Crippen LogP contribution in [0.5, 0.6) is 5.75 Å². The molecular formula is C22H22N4O2S. The van der Waals surface area contributed by atoms with Gasteiger partial charge in [-0.15, -0.1) is 10.2 Å². The lowest BCUT2D eigenvalue weighted by Gasteiger charge is -2.10.